The minimum atomic E-state index is -0.563. The Balaban J connectivity index is 3.64. The molecule has 0 aliphatic carbocycles. The molecule has 0 aliphatic rings. The second-order valence-corrected chi connectivity index (χ2v) is 10.6. The van der Waals surface area contributed by atoms with Crippen LogP contribution in [-0.2, 0) is 4.79 Å². The summed E-state index contributed by atoms with van der Waals surface area (Å²) in [5, 5.41) is 9.56. The Morgan fingerprint density at radius 1 is 0.562 bits per heavy atom. The van der Waals surface area contributed by atoms with Gasteiger partial charge in [0, 0.05) is 0 Å². The molecule has 2 nitrogen and oxygen atoms in total. The van der Waals surface area contributed by atoms with Gasteiger partial charge in [0.05, 0.1) is 5.92 Å². The van der Waals surface area contributed by atoms with Crippen molar-refractivity contribution < 1.29 is 9.90 Å². The van der Waals surface area contributed by atoms with E-state index in [9.17, 15) is 9.90 Å². The number of carboxylic acid groups (broad SMARTS) is 1. The fraction of sp³-hybridized carbons (Fsp3) is 0.967. The largest absolute Gasteiger partial charge is 0.481 e. The van der Waals surface area contributed by atoms with Crippen LogP contribution in [0.5, 0.6) is 0 Å². The van der Waals surface area contributed by atoms with Crippen molar-refractivity contribution in [3.05, 3.63) is 0 Å². The summed E-state index contributed by atoms with van der Waals surface area (Å²) in [5.74, 6) is -0.669. The van der Waals surface area contributed by atoms with Gasteiger partial charge in [-0.3, -0.25) is 4.79 Å². The Kier molecular flexibility index (Phi) is 21.9. The second kappa shape index (κ2) is 22.3. The molecule has 0 rings (SSSR count). The van der Waals surface area contributed by atoms with Crippen molar-refractivity contribution in [3.63, 3.8) is 0 Å². The minimum absolute atomic E-state index is 0.106. The average Bonchev–Trinajstić information content (AvgIpc) is 2.80. The first-order chi connectivity index (χ1) is 15.5. The molecule has 0 aromatic carbocycles. The zero-order chi connectivity index (χ0) is 23.9. The van der Waals surface area contributed by atoms with E-state index in [1.54, 1.807) is 0 Å². The molecule has 0 spiro atoms. The first-order valence-corrected chi connectivity index (χ1v) is 14.8. The second-order valence-electron chi connectivity index (χ2n) is 10.6. The average molecular weight is 453 g/mol. The SMILES string of the molecule is CCCCCCCCCCCCCCC(CCCCCCCC(CC)(CC)CC)C(=O)O. The fourth-order valence-corrected chi connectivity index (χ4v) is 5.32. The van der Waals surface area contributed by atoms with Gasteiger partial charge in [-0.15, -0.1) is 0 Å². The smallest absolute Gasteiger partial charge is 0.306 e. The summed E-state index contributed by atoms with van der Waals surface area (Å²) in [6.45, 7) is 9.30. The summed E-state index contributed by atoms with van der Waals surface area (Å²) in [6.07, 6.45) is 29.4. The molecular weight excluding hydrogens is 392 g/mol. The van der Waals surface area contributed by atoms with Crippen molar-refractivity contribution in [2.24, 2.45) is 11.3 Å². The van der Waals surface area contributed by atoms with E-state index in [2.05, 4.69) is 27.7 Å². The Labute approximate surface area is 202 Å². The molecule has 0 radical (unpaired) electrons. The lowest BCUT2D eigenvalue weighted by Gasteiger charge is -2.30. The van der Waals surface area contributed by atoms with Crippen molar-refractivity contribution in [2.75, 3.05) is 0 Å². The number of unbranched alkanes of at least 4 members (excludes halogenated alkanes) is 15. The predicted octanol–water partition coefficient (Wildman–Crippen LogP) is 10.7. The number of rotatable bonds is 25. The molecular formula is C30H60O2. The van der Waals surface area contributed by atoms with Gasteiger partial charge in [0.25, 0.3) is 0 Å². The maximum atomic E-state index is 11.6. The summed E-state index contributed by atoms with van der Waals surface area (Å²) in [6, 6.07) is 0. The van der Waals surface area contributed by atoms with E-state index in [0.717, 1.165) is 25.7 Å². The van der Waals surface area contributed by atoms with E-state index in [-0.39, 0.29) is 5.92 Å². The fourth-order valence-electron chi connectivity index (χ4n) is 5.32. The zero-order valence-electron chi connectivity index (χ0n) is 22.7. The Hall–Kier alpha value is -0.530. The van der Waals surface area contributed by atoms with E-state index in [4.69, 9.17) is 0 Å². The maximum Gasteiger partial charge on any atom is 0.306 e. The van der Waals surface area contributed by atoms with Crippen LogP contribution in [0.4, 0.5) is 0 Å². The minimum Gasteiger partial charge on any atom is -0.481 e. The predicted molar refractivity (Wildman–Crippen MR) is 142 cm³/mol. The van der Waals surface area contributed by atoms with E-state index >= 15 is 0 Å². The first kappa shape index (κ1) is 31.5. The van der Waals surface area contributed by atoms with Crippen molar-refractivity contribution in [2.45, 2.75) is 175 Å². The Bertz CT molecular complexity index is 391. The molecule has 2 heteroatoms. The molecule has 0 aromatic rings. The normalized spacial score (nSPS) is 12.9. The zero-order valence-corrected chi connectivity index (χ0v) is 22.7. The van der Waals surface area contributed by atoms with E-state index in [1.807, 2.05) is 0 Å². The highest BCUT2D eigenvalue weighted by Crippen LogP contribution is 2.36. The molecule has 1 atom stereocenters. The number of aliphatic carboxylic acids is 1. The lowest BCUT2D eigenvalue weighted by molar-refractivity contribution is -0.142. The van der Waals surface area contributed by atoms with Crippen molar-refractivity contribution in [3.8, 4) is 0 Å². The molecule has 0 bridgehead atoms. The van der Waals surface area contributed by atoms with Crippen LogP contribution in [-0.4, -0.2) is 11.1 Å². The third-order valence-electron chi connectivity index (χ3n) is 8.27. The monoisotopic (exact) mass is 452 g/mol. The van der Waals surface area contributed by atoms with Gasteiger partial charge in [0.1, 0.15) is 0 Å². The highest BCUT2D eigenvalue weighted by Gasteiger charge is 2.22. The molecule has 0 saturated heterocycles. The van der Waals surface area contributed by atoms with Gasteiger partial charge in [-0.25, -0.2) is 0 Å². The van der Waals surface area contributed by atoms with Gasteiger partial charge < -0.3 is 5.11 Å². The van der Waals surface area contributed by atoms with Gasteiger partial charge in [0.15, 0.2) is 0 Å². The van der Waals surface area contributed by atoms with Crippen LogP contribution in [0, 0.1) is 11.3 Å². The van der Waals surface area contributed by atoms with Gasteiger partial charge in [-0.1, -0.05) is 156 Å². The third-order valence-corrected chi connectivity index (χ3v) is 8.27. The highest BCUT2D eigenvalue weighted by atomic mass is 16.4. The van der Waals surface area contributed by atoms with Crippen LogP contribution < -0.4 is 0 Å². The molecule has 1 N–H and O–H groups in total. The van der Waals surface area contributed by atoms with Crippen molar-refractivity contribution >= 4 is 5.97 Å². The van der Waals surface area contributed by atoms with Crippen LogP contribution in [0.2, 0.25) is 0 Å². The summed E-state index contributed by atoms with van der Waals surface area (Å²) < 4.78 is 0. The van der Waals surface area contributed by atoms with Crippen LogP contribution >= 0.6 is 0 Å². The topological polar surface area (TPSA) is 37.3 Å². The van der Waals surface area contributed by atoms with Crippen molar-refractivity contribution in [1.82, 2.24) is 0 Å². The van der Waals surface area contributed by atoms with Gasteiger partial charge in [0.2, 0.25) is 0 Å². The van der Waals surface area contributed by atoms with Crippen LogP contribution in [0.1, 0.15) is 175 Å². The first-order valence-electron chi connectivity index (χ1n) is 14.8. The lowest BCUT2D eigenvalue weighted by Crippen LogP contribution is -2.17. The van der Waals surface area contributed by atoms with Gasteiger partial charge in [-0.05, 0) is 24.7 Å². The summed E-state index contributed by atoms with van der Waals surface area (Å²) in [4.78, 5) is 11.6. The number of carboxylic acids is 1. The molecule has 32 heavy (non-hydrogen) atoms. The molecule has 0 saturated carbocycles. The van der Waals surface area contributed by atoms with Crippen LogP contribution in [0.15, 0.2) is 0 Å². The molecule has 0 amide bonds. The lowest BCUT2D eigenvalue weighted by atomic mass is 9.75. The number of carbonyl (C=O) groups is 1. The Morgan fingerprint density at radius 2 is 0.906 bits per heavy atom. The number of hydrogen-bond donors (Lipinski definition) is 1. The Morgan fingerprint density at radius 3 is 1.25 bits per heavy atom. The van der Waals surface area contributed by atoms with Gasteiger partial charge in [-0.2, -0.15) is 0 Å². The van der Waals surface area contributed by atoms with Crippen molar-refractivity contribution in [1.29, 1.82) is 0 Å². The van der Waals surface area contributed by atoms with E-state index < -0.39 is 5.97 Å². The van der Waals surface area contributed by atoms with E-state index in [1.165, 1.54) is 122 Å². The highest BCUT2D eigenvalue weighted by molar-refractivity contribution is 5.69. The van der Waals surface area contributed by atoms with Crippen LogP contribution in [0.25, 0.3) is 0 Å². The van der Waals surface area contributed by atoms with Gasteiger partial charge >= 0.3 is 5.97 Å². The maximum absolute atomic E-state index is 11.6. The standard InChI is InChI=1S/C30H60O2/c1-5-9-10-11-12-13-14-15-16-17-19-22-25-28(29(31)32)26-23-20-18-21-24-27-30(6-2,7-3)8-4/h28H,5-27H2,1-4H3,(H,31,32). The van der Waals surface area contributed by atoms with Crippen LogP contribution in [0.3, 0.4) is 0 Å². The molecule has 0 fully saturated rings. The third kappa shape index (κ3) is 17.0. The molecule has 0 aromatic heterocycles. The quantitative estimate of drug-likeness (QED) is 0.140. The number of hydrogen-bond acceptors (Lipinski definition) is 1. The molecule has 1 unspecified atom stereocenters. The summed E-state index contributed by atoms with van der Waals surface area (Å²) in [7, 11) is 0. The summed E-state index contributed by atoms with van der Waals surface area (Å²) >= 11 is 0. The molecule has 0 heterocycles. The molecule has 192 valence electrons. The summed E-state index contributed by atoms with van der Waals surface area (Å²) in [5.41, 5.74) is 0.572. The van der Waals surface area contributed by atoms with E-state index in [0.29, 0.717) is 5.41 Å². The molecule has 0 aliphatic heterocycles.